The molecule has 0 atom stereocenters. The molecule has 0 saturated carbocycles. The molecule has 0 aromatic carbocycles. The first-order valence-corrected chi connectivity index (χ1v) is 3.69. The van der Waals surface area contributed by atoms with Crippen LogP contribution in [0.2, 0.25) is 4.85 Å². The second-order valence-corrected chi connectivity index (χ2v) is 2.86. The molecule has 0 saturated heterocycles. The average Bonchev–Trinajstić information content (AvgIpc) is 2.12. The normalized spacial score (nSPS) is 20.0. The molecule has 0 aromatic rings. The molecule has 2 N–H and O–H groups in total. The predicted octanol–water partition coefficient (Wildman–Crippen LogP) is 0.334. The van der Waals surface area contributed by atoms with Gasteiger partial charge in [0.15, 0.2) is 0 Å². The second-order valence-electron chi connectivity index (χ2n) is 1.42. The van der Waals surface area contributed by atoms with Gasteiger partial charge in [0.05, 0.1) is 0 Å². The molecule has 0 heterocycles. The minimum atomic E-state index is -1.76. The van der Waals surface area contributed by atoms with Crippen LogP contribution in [0.1, 0.15) is 0 Å². The van der Waals surface area contributed by atoms with Crippen LogP contribution >= 0.6 is 0 Å². The molecule has 1 rings (SSSR count). The van der Waals surface area contributed by atoms with Crippen molar-refractivity contribution in [3.63, 3.8) is 0 Å². The zero-order chi connectivity index (χ0) is 5.98. The molecule has 1 aliphatic carbocycles. The molecule has 0 fully saturated rings. The van der Waals surface area contributed by atoms with Crippen molar-refractivity contribution < 1.29 is 22.7 Å². The van der Waals surface area contributed by atoms with Gasteiger partial charge in [0, 0.05) is 0 Å². The van der Waals surface area contributed by atoms with Crippen molar-refractivity contribution >= 4 is 0 Å². The number of hydrogen-bond acceptors (Lipinski definition) is 2. The van der Waals surface area contributed by atoms with Crippen molar-refractivity contribution in [2.24, 2.45) is 0 Å². The van der Waals surface area contributed by atoms with Crippen LogP contribution in [0.25, 0.3) is 0 Å². The molecule has 2 nitrogen and oxygen atoms in total. The Labute approximate surface area is 52.5 Å². The molecule has 0 radical (unpaired) electrons. The first-order chi connectivity index (χ1) is 3.80. The molecule has 3 heteroatoms. The number of hydrogen-bond donors (Lipinski definition) is 2. The Morgan fingerprint density at radius 1 is 1.12 bits per heavy atom. The Kier molecular flexibility index (Phi) is 1.85. The second kappa shape index (κ2) is 2.46. The average molecular weight is 158 g/mol. The van der Waals surface area contributed by atoms with E-state index in [0.717, 1.165) is 0 Å². The number of allylic oxidation sites excluding steroid dienone is 4. The molecular weight excluding hydrogens is 151 g/mol. The topological polar surface area (TPSA) is 40.5 Å². The first-order valence-electron chi connectivity index (χ1n) is 2.16. The molecule has 0 aromatic heterocycles. The fraction of sp³-hybridized carbons (Fsp3) is 0.200. The van der Waals surface area contributed by atoms with Gasteiger partial charge in [-0.05, 0) is 0 Å². The summed E-state index contributed by atoms with van der Waals surface area (Å²) in [6.07, 6.45) is 7.16. The summed E-state index contributed by atoms with van der Waals surface area (Å²) in [5.74, 6) is 0. The fourth-order valence-corrected chi connectivity index (χ4v) is 1.10. The molecule has 0 spiro atoms. The van der Waals surface area contributed by atoms with Crippen molar-refractivity contribution in [1.82, 2.24) is 0 Å². The van der Waals surface area contributed by atoms with Crippen LogP contribution < -0.4 is 0 Å². The minimum absolute atomic E-state index is 0.123. The molecular formula is C5H7CoO2. The fourth-order valence-electron chi connectivity index (χ4n) is 0.510. The Morgan fingerprint density at radius 3 is 1.88 bits per heavy atom. The summed E-state index contributed by atoms with van der Waals surface area (Å²) in [6, 6.07) is 0. The third kappa shape index (κ3) is 1.20. The van der Waals surface area contributed by atoms with Gasteiger partial charge in [-0.1, -0.05) is 0 Å². The summed E-state index contributed by atoms with van der Waals surface area (Å²) < 4.78 is 17.1. The molecule has 1 aliphatic rings. The molecule has 8 heavy (non-hydrogen) atoms. The summed E-state index contributed by atoms with van der Waals surface area (Å²) in [6.45, 7) is 0. The summed E-state index contributed by atoms with van der Waals surface area (Å²) in [5.41, 5.74) is 0. The van der Waals surface area contributed by atoms with E-state index in [1.165, 1.54) is 0 Å². The Hall–Kier alpha value is -0.0935. The van der Waals surface area contributed by atoms with E-state index < -0.39 is 14.3 Å². The Morgan fingerprint density at radius 2 is 1.62 bits per heavy atom. The van der Waals surface area contributed by atoms with E-state index in [4.69, 9.17) is 8.44 Å². The van der Waals surface area contributed by atoms with E-state index in [2.05, 4.69) is 0 Å². The van der Waals surface area contributed by atoms with Gasteiger partial charge in [-0.25, -0.2) is 0 Å². The van der Waals surface area contributed by atoms with Gasteiger partial charge in [0.2, 0.25) is 0 Å². The molecule has 0 amide bonds. The van der Waals surface area contributed by atoms with Gasteiger partial charge in [-0.15, -0.1) is 0 Å². The van der Waals surface area contributed by atoms with Crippen LogP contribution in [0.3, 0.4) is 0 Å². The van der Waals surface area contributed by atoms with E-state index >= 15 is 0 Å². The van der Waals surface area contributed by atoms with Gasteiger partial charge in [-0.3, -0.25) is 0 Å². The van der Waals surface area contributed by atoms with Crippen LogP contribution in [0, 0.1) is 0 Å². The van der Waals surface area contributed by atoms with Crippen LogP contribution in [0.4, 0.5) is 0 Å². The third-order valence-electron chi connectivity index (χ3n) is 0.883. The van der Waals surface area contributed by atoms with Crippen LogP contribution in [-0.4, -0.2) is 8.44 Å². The van der Waals surface area contributed by atoms with Gasteiger partial charge in [0.1, 0.15) is 0 Å². The quantitative estimate of drug-likeness (QED) is 0.577. The van der Waals surface area contributed by atoms with E-state index in [1.807, 2.05) is 12.2 Å². The van der Waals surface area contributed by atoms with Crippen molar-refractivity contribution in [1.29, 1.82) is 0 Å². The van der Waals surface area contributed by atoms with Crippen molar-refractivity contribution in [3.8, 4) is 0 Å². The van der Waals surface area contributed by atoms with Gasteiger partial charge >= 0.3 is 51.9 Å². The van der Waals surface area contributed by atoms with Gasteiger partial charge in [-0.2, -0.15) is 0 Å². The van der Waals surface area contributed by atoms with Crippen molar-refractivity contribution in [2.75, 3.05) is 0 Å². The standard InChI is InChI=1S/C5H5.Co.2H2O/c1-2-4-5-3-1;;;/h1-5H;;2*1H2/q;+2;;/p-2. The van der Waals surface area contributed by atoms with Crippen LogP contribution in [0.15, 0.2) is 24.3 Å². The van der Waals surface area contributed by atoms with E-state index in [0.29, 0.717) is 0 Å². The maximum absolute atomic E-state index is 8.57. The Balaban J connectivity index is 2.49. The molecule has 48 valence electrons. The Bertz CT molecular complexity index is 116. The van der Waals surface area contributed by atoms with Gasteiger partial charge < -0.3 is 0 Å². The summed E-state index contributed by atoms with van der Waals surface area (Å²) in [5, 5.41) is 0. The first kappa shape index (κ1) is 6.03. The maximum atomic E-state index is 8.57. The zero-order valence-corrected chi connectivity index (χ0v) is 5.16. The predicted molar refractivity (Wildman–Crippen MR) is 26.5 cm³/mol. The van der Waals surface area contributed by atoms with Crippen LogP contribution in [0.5, 0.6) is 0 Å². The SMILES string of the molecule is [OH][Co]([OH])[CH]1C=CC=C1. The number of rotatable bonds is 1. The third-order valence-corrected chi connectivity index (χ3v) is 1.90. The van der Waals surface area contributed by atoms with Crippen molar-refractivity contribution in [2.45, 2.75) is 4.85 Å². The monoisotopic (exact) mass is 158 g/mol. The molecule has 0 aliphatic heterocycles. The summed E-state index contributed by atoms with van der Waals surface area (Å²) >= 11 is -1.76. The van der Waals surface area contributed by atoms with E-state index in [9.17, 15) is 0 Å². The van der Waals surface area contributed by atoms with Gasteiger partial charge in [0.25, 0.3) is 0 Å². The summed E-state index contributed by atoms with van der Waals surface area (Å²) in [7, 11) is 0. The zero-order valence-electron chi connectivity index (χ0n) is 4.11. The van der Waals surface area contributed by atoms with Crippen molar-refractivity contribution in [3.05, 3.63) is 24.3 Å². The van der Waals surface area contributed by atoms with E-state index in [1.54, 1.807) is 12.2 Å². The molecule has 0 unspecified atom stereocenters. The van der Waals surface area contributed by atoms with E-state index in [-0.39, 0.29) is 4.85 Å². The molecule has 0 bridgehead atoms. The summed E-state index contributed by atoms with van der Waals surface area (Å²) in [4.78, 5) is -0.123. The van der Waals surface area contributed by atoms with Crippen LogP contribution in [-0.2, 0) is 14.3 Å².